The van der Waals surface area contributed by atoms with Gasteiger partial charge in [0.25, 0.3) is 0 Å². The van der Waals surface area contributed by atoms with Crippen molar-refractivity contribution >= 4 is 0 Å². The fourth-order valence-corrected chi connectivity index (χ4v) is 2.97. The topological polar surface area (TPSA) is 26.0 Å². The van der Waals surface area contributed by atoms with Crippen LogP contribution in [-0.2, 0) is 5.54 Å². The van der Waals surface area contributed by atoms with Crippen molar-refractivity contribution < 1.29 is 0 Å². The molecule has 0 spiro atoms. The molecule has 0 heterocycles. The van der Waals surface area contributed by atoms with E-state index in [1.165, 1.54) is 17.5 Å². The normalized spacial score (nSPS) is 30.9. The first kappa shape index (κ1) is 11.7. The van der Waals surface area contributed by atoms with Crippen LogP contribution in [0.1, 0.15) is 57.1 Å². The highest BCUT2D eigenvalue weighted by Crippen LogP contribution is 2.44. The first-order chi connectivity index (χ1) is 7.59. The number of benzene rings is 1. The zero-order valence-electron chi connectivity index (χ0n) is 10.7. The Labute approximate surface area is 99.0 Å². The molecule has 1 aromatic carbocycles. The van der Waals surface area contributed by atoms with Gasteiger partial charge in [0.15, 0.2) is 0 Å². The maximum absolute atomic E-state index is 6.69. The van der Waals surface area contributed by atoms with Gasteiger partial charge >= 0.3 is 0 Å². The molecule has 88 valence electrons. The third-order valence-electron chi connectivity index (χ3n) is 4.48. The Morgan fingerprint density at radius 1 is 1.44 bits per heavy atom. The fourth-order valence-electron chi connectivity index (χ4n) is 2.97. The van der Waals surface area contributed by atoms with Crippen molar-refractivity contribution in [2.45, 2.75) is 51.5 Å². The molecular formula is C15H23N. The smallest absolute Gasteiger partial charge is 0.0438 e. The molecule has 2 rings (SSSR count). The van der Waals surface area contributed by atoms with Crippen molar-refractivity contribution in [2.24, 2.45) is 11.7 Å². The molecule has 0 radical (unpaired) electrons. The van der Waals surface area contributed by atoms with E-state index in [9.17, 15) is 0 Å². The van der Waals surface area contributed by atoms with E-state index in [4.69, 9.17) is 5.73 Å². The van der Waals surface area contributed by atoms with Gasteiger partial charge in [-0.3, -0.25) is 0 Å². The van der Waals surface area contributed by atoms with Crippen LogP contribution in [0.25, 0.3) is 0 Å². The first-order valence-electron chi connectivity index (χ1n) is 6.48. The number of fused-ring (bicyclic) bond motifs is 1. The van der Waals surface area contributed by atoms with Crippen molar-refractivity contribution in [3.05, 3.63) is 35.4 Å². The van der Waals surface area contributed by atoms with Gasteiger partial charge in [0.1, 0.15) is 0 Å². The monoisotopic (exact) mass is 217 g/mol. The molecular weight excluding hydrogens is 194 g/mol. The predicted molar refractivity (Wildman–Crippen MR) is 69.4 cm³/mol. The molecule has 0 amide bonds. The van der Waals surface area contributed by atoms with Crippen LogP contribution in [-0.4, -0.2) is 0 Å². The van der Waals surface area contributed by atoms with Crippen LogP contribution in [0.15, 0.2) is 24.3 Å². The number of rotatable bonds is 2. The van der Waals surface area contributed by atoms with E-state index in [0.717, 1.165) is 12.8 Å². The zero-order valence-corrected chi connectivity index (χ0v) is 10.7. The predicted octanol–water partition coefficient (Wildman–Crippen LogP) is 3.78. The van der Waals surface area contributed by atoms with Crippen LogP contribution in [0.5, 0.6) is 0 Å². The number of hydrogen-bond acceptors (Lipinski definition) is 1. The minimum absolute atomic E-state index is 0.0994. The molecule has 0 fully saturated rings. The minimum Gasteiger partial charge on any atom is -0.321 e. The van der Waals surface area contributed by atoms with Crippen molar-refractivity contribution in [2.75, 3.05) is 0 Å². The Hall–Kier alpha value is -0.820. The third kappa shape index (κ3) is 1.67. The molecule has 3 atom stereocenters. The lowest BCUT2D eigenvalue weighted by Gasteiger charge is -2.42. The SMILES string of the molecule is CCC(C)C1(N)CCC(C)c2ccccc21. The van der Waals surface area contributed by atoms with E-state index in [2.05, 4.69) is 45.0 Å². The van der Waals surface area contributed by atoms with E-state index in [1.807, 2.05) is 0 Å². The summed E-state index contributed by atoms with van der Waals surface area (Å²) in [5.74, 6) is 1.22. The molecule has 1 aliphatic carbocycles. The molecule has 2 N–H and O–H groups in total. The van der Waals surface area contributed by atoms with Crippen molar-refractivity contribution in [3.63, 3.8) is 0 Å². The van der Waals surface area contributed by atoms with Gasteiger partial charge in [-0.25, -0.2) is 0 Å². The lowest BCUT2D eigenvalue weighted by molar-refractivity contribution is 0.238. The van der Waals surface area contributed by atoms with Gasteiger partial charge < -0.3 is 5.73 Å². The summed E-state index contributed by atoms with van der Waals surface area (Å²) in [4.78, 5) is 0. The summed E-state index contributed by atoms with van der Waals surface area (Å²) in [5.41, 5.74) is 9.45. The molecule has 1 aliphatic rings. The average Bonchev–Trinajstić information content (AvgIpc) is 2.33. The molecule has 0 saturated heterocycles. The second kappa shape index (κ2) is 4.21. The lowest BCUT2D eigenvalue weighted by Crippen LogP contribution is -2.46. The van der Waals surface area contributed by atoms with Gasteiger partial charge in [0.2, 0.25) is 0 Å². The second-order valence-electron chi connectivity index (χ2n) is 5.38. The highest BCUT2D eigenvalue weighted by molar-refractivity contribution is 5.38. The van der Waals surface area contributed by atoms with Crippen molar-refractivity contribution in [1.82, 2.24) is 0 Å². The largest absolute Gasteiger partial charge is 0.321 e. The summed E-state index contributed by atoms with van der Waals surface area (Å²) in [6.45, 7) is 6.84. The number of nitrogens with two attached hydrogens (primary N) is 1. The van der Waals surface area contributed by atoms with Crippen LogP contribution in [0.2, 0.25) is 0 Å². The quantitative estimate of drug-likeness (QED) is 0.801. The van der Waals surface area contributed by atoms with Crippen molar-refractivity contribution in [1.29, 1.82) is 0 Å². The van der Waals surface area contributed by atoms with Gasteiger partial charge in [0, 0.05) is 5.54 Å². The standard InChI is InChI=1S/C15H23N/c1-4-12(3)15(16)10-9-11(2)13-7-5-6-8-14(13)15/h5-8,11-12H,4,9-10,16H2,1-3H3. The highest BCUT2D eigenvalue weighted by atomic mass is 14.8. The Kier molecular flexibility index (Phi) is 3.07. The van der Waals surface area contributed by atoms with Crippen LogP contribution in [0.3, 0.4) is 0 Å². The molecule has 16 heavy (non-hydrogen) atoms. The van der Waals surface area contributed by atoms with E-state index in [1.54, 1.807) is 0 Å². The molecule has 0 bridgehead atoms. The van der Waals surface area contributed by atoms with Gasteiger partial charge in [0.05, 0.1) is 0 Å². The van der Waals surface area contributed by atoms with Gasteiger partial charge in [-0.05, 0) is 35.8 Å². The van der Waals surface area contributed by atoms with Gasteiger partial charge in [-0.1, -0.05) is 51.5 Å². The van der Waals surface area contributed by atoms with E-state index < -0.39 is 0 Å². The summed E-state index contributed by atoms with van der Waals surface area (Å²) >= 11 is 0. The summed E-state index contributed by atoms with van der Waals surface area (Å²) < 4.78 is 0. The molecule has 1 aromatic rings. The molecule has 0 aliphatic heterocycles. The Morgan fingerprint density at radius 3 is 2.81 bits per heavy atom. The molecule has 3 unspecified atom stereocenters. The number of hydrogen-bond donors (Lipinski definition) is 1. The second-order valence-corrected chi connectivity index (χ2v) is 5.38. The molecule has 0 saturated carbocycles. The van der Waals surface area contributed by atoms with Crippen LogP contribution in [0, 0.1) is 5.92 Å². The maximum atomic E-state index is 6.69. The maximum Gasteiger partial charge on any atom is 0.0438 e. The Morgan fingerprint density at radius 2 is 2.12 bits per heavy atom. The minimum atomic E-state index is -0.0994. The summed E-state index contributed by atoms with van der Waals surface area (Å²) in [6.07, 6.45) is 3.50. The first-order valence-corrected chi connectivity index (χ1v) is 6.48. The van der Waals surface area contributed by atoms with Gasteiger partial charge in [-0.2, -0.15) is 0 Å². The van der Waals surface area contributed by atoms with Crippen LogP contribution < -0.4 is 5.73 Å². The Bertz CT molecular complexity index is 371. The summed E-state index contributed by atoms with van der Waals surface area (Å²) in [6, 6.07) is 8.75. The Balaban J connectivity index is 2.49. The summed E-state index contributed by atoms with van der Waals surface area (Å²) in [7, 11) is 0. The van der Waals surface area contributed by atoms with Gasteiger partial charge in [-0.15, -0.1) is 0 Å². The van der Waals surface area contributed by atoms with Crippen LogP contribution >= 0.6 is 0 Å². The van der Waals surface area contributed by atoms with Crippen LogP contribution in [0.4, 0.5) is 0 Å². The van der Waals surface area contributed by atoms with E-state index in [0.29, 0.717) is 11.8 Å². The van der Waals surface area contributed by atoms with E-state index in [-0.39, 0.29) is 5.54 Å². The molecule has 1 heteroatoms. The lowest BCUT2D eigenvalue weighted by atomic mass is 9.67. The summed E-state index contributed by atoms with van der Waals surface area (Å²) in [5, 5.41) is 0. The highest BCUT2D eigenvalue weighted by Gasteiger charge is 2.38. The zero-order chi connectivity index (χ0) is 11.8. The molecule has 0 aromatic heterocycles. The fraction of sp³-hybridized carbons (Fsp3) is 0.600. The molecule has 1 nitrogen and oxygen atoms in total. The average molecular weight is 217 g/mol. The third-order valence-corrected chi connectivity index (χ3v) is 4.48. The van der Waals surface area contributed by atoms with Crippen molar-refractivity contribution in [3.8, 4) is 0 Å². The van der Waals surface area contributed by atoms with E-state index >= 15 is 0 Å².